The fraction of sp³-hybridized carbons (Fsp3) is 0.0588. The number of thioether (sulfide) groups is 1. The van der Waals surface area contributed by atoms with Crippen molar-refractivity contribution in [2.75, 3.05) is 22.2 Å². The Hall–Kier alpha value is -3.04. The highest BCUT2D eigenvalue weighted by molar-refractivity contribution is 7.99. The van der Waals surface area contributed by atoms with Crippen LogP contribution in [0.1, 0.15) is 10.4 Å². The van der Waals surface area contributed by atoms with Crippen LogP contribution in [0.15, 0.2) is 60.0 Å². The zero-order valence-corrected chi connectivity index (χ0v) is 15.5. The van der Waals surface area contributed by atoms with E-state index in [-0.39, 0.29) is 17.6 Å². The molecule has 10 heteroatoms. The van der Waals surface area contributed by atoms with E-state index in [1.807, 2.05) is 0 Å². The van der Waals surface area contributed by atoms with Crippen molar-refractivity contribution in [3.8, 4) is 0 Å². The Morgan fingerprint density at radius 1 is 1.11 bits per heavy atom. The van der Waals surface area contributed by atoms with Crippen LogP contribution in [-0.2, 0) is 4.79 Å². The SMILES string of the molecule is Nn1cnnc1SCC(=O)Nc1ccccc1C(=O)Nc1ccc(Cl)cc1. The van der Waals surface area contributed by atoms with Gasteiger partial charge in [-0.25, -0.2) is 4.68 Å². The van der Waals surface area contributed by atoms with E-state index in [1.54, 1.807) is 48.5 Å². The minimum absolute atomic E-state index is 0.0725. The Balaban J connectivity index is 1.66. The number of benzene rings is 2. The second kappa shape index (κ2) is 8.56. The monoisotopic (exact) mass is 402 g/mol. The van der Waals surface area contributed by atoms with Crippen LogP contribution in [0.3, 0.4) is 0 Å². The zero-order valence-electron chi connectivity index (χ0n) is 13.9. The van der Waals surface area contributed by atoms with E-state index in [4.69, 9.17) is 17.4 Å². The van der Waals surface area contributed by atoms with Crippen LogP contribution in [0.2, 0.25) is 5.02 Å². The van der Waals surface area contributed by atoms with Crippen molar-refractivity contribution in [2.45, 2.75) is 5.16 Å². The molecule has 138 valence electrons. The number of nitrogen functional groups attached to an aromatic ring is 1. The Morgan fingerprint density at radius 2 is 1.85 bits per heavy atom. The van der Waals surface area contributed by atoms with Crippen molar-refractivity contribution < 1.29 is 9.59 Å². The number of rotatable bonds is 6. The molecule has 0 saturated heterocycles. The highest BCUT2D eigenvalue weighted by atomic mass is 35.5. The normalized spacial score (nSPS) is 10.4. The van der Waals surface area contributed by atoms with E-state index in [1.165, 1.54) is 11.0 Å². The molecule has 0 aliphatic rings. The van der Waals surface area contributed by atoms with Crippen LogP contribution < -0.4 is 16.5 Å². The number of halogens is 1. The number of hydrogen-bond donors (Lipinski definition) is 3. The standard InChI is InChI=1S/C17H15ClN6O2S/c18-11-5-7-12(8-6-11)21-16(26)13-3-1-2-4-14(13)22-15(25)9-27-17-23-20-10-24(17)19/h1-8,10H,9,19H2,(H,21,26)(H,22,25). The Kier molecular flexibility index (Phi) is 5.94. The van der Waals surface area contributed by atoms with Gasteiger partial charge in [0, 0.05) is 10.7 Å². The highest BCUT2D eigenvalue weighted by Gasteiger charge is 2.14. The van der Waals surface area contributed by atoms with Crippen LogP contribution in [0.5, 0.6) is 0 Å². The maximum atomic E-state index is 12.6. The first kappa shape index (κ1) is 18.7. The molecular formula is C17H15ClN6O2S. The van der Waals surface area contributed by atoms with Crippen LogP contribution in [0.4, 0.5) is 11.4 Å². The highest BCUT2D eigenvalue weighted by Crippen LogP contribution is 2.20. The molecule has 0 fully saturated rings. The summed E-state index contributed by atoms with van der Waals surface area (Å²) in [6, 6.07) is 13.5. The Bertz CT molecular complexity index is 960. The third kappa shape index (κ3) is 4.99. The van der Waals surface area contributed by atoms with Crippen LogP contribution in [0.25, 0.3) is 0 Å². The quantitative estimate of drug-likeness (QED) is 0.431. The van der Waals surface area contributed by atoms with Gasteiger partial charge < -0.3 is 16.5 Å². The molecular weight excluding hydrogens is 388 g/mol. The third-order valence-electron chi connectivity index (χ3n) is 3.42. The summed E-state index contributed by atoms with van der Waals surface area (Å²) in [5.74, 6) is 5.03. The van der Waals surface area contributed by atoms with Crippen molar-refractivity contribution >= 4 is 46.6 Å². The van der Waals surface area contributed by atoms with Gasteiger partial charge in [-0.15, -0.1) is 10.2 Å². The van der Waals surface area contributed by atoms with E-state index >= 15 is 0 Å². The second-order valence-electron chi connectivity index (χ2n) is 5.36. The van der Waals surface area contributed by atoms with Crippen molar-refractivity contribution in [1.82, 2.24) is 14.9 Å². The molecule has 1 heterocycles. The number of carbonyl (C=O) groups excluding carboxylic acids is 2. The minimum atomic E-state index is -0.345. The van der Waals surface area contributed by atoms with E-state index in [2.05, 4.69) is 20.8 Å². The molecule has 27 heavy (non-hydrogen) atoms. The predicted molar refractivity (Wildman–Crippen MR) is 105 cm³/mol. The molecule has 0 spiro atoms. The molecule has 3 rings (SSSR count). The van der Waals surface area contributed by atoms with Crippen LogP contribution >= 0.6 is 23.4 Å². The minimum Gasteiger partial charge on any atom is -0.336 e. The average Bonchev–Trinajstić information content (AvgIpc) is 3.07. The summed E-state index contributed by atoms with van der Waals surface area (Å²) >= 11 is 6.98. The number of hydrogen-bond acceptors (Lipinski definition) is 6. The van der Waals surface area contributed by atoms with Gasteiger partial charge in [-0.05, 0) is 36.4 Å². The van der Waals surface area contributed by atoms with Crippen molar-refractivity contribution in [2.24, 2.45) is 0 Å². The maximum absolute atomic E-state index is 12.6. The topological polar surface area (TPSA) is 115 Å². The Morgan fingerprint density at radius 3 is 2.56 bits per heavy atom. The third-order valence-corrected chi connectivity index (χ3v) is 4.63. The average molecular weight is 403 g/mol. The van der Waals surface area contributed by atoms with Gasteiger partial charge in [0.2, 0.25) is 11.1 Å². The van der Waals surface area contributed by atoms with Crippen molar-refractivity contribution in [3.05, 3.63) is 65.4 Å². The van der Waals surface area contributed by atoms with E-state index < -0.39 is 0 Å². The van der Waals surface area contributed by atoms with Gasteiger partial charge in [0.25, 0.3) is 5.91 Å². The number of nitrogens with zero attached hydrogens (tertiary/aromatic N) is 3. The number of amides is 2. The molecule has 1 aromatic heterocycles. The first-order valence-electron chi connectivity index (χ1n) is 7.76. The molecule has 2 aromatic carbocycles. The Labute approximate surface area is 164 Å². The van der Waals surface area contributed by atoms with Gasteiger partial charge in [-0.1, -0.05) is 35.5 Å². The lowest BCUT2D eigenvalue weighted by molar-refractivity contribution is -0.113. The summed E-state index contributed by atoms with van der Waals surface area (Å²) < 4.78 is 1.23. The molecule has 0 bridgehead atoms. The molecule has 4 N–H and O–H groups in total. The lowest BCUT2D eigenvalue weighted by Gasteiger charge is -2.11. The number of nitrogens with one attached hydrogen (secondary N) is 2. The predicted octanol–water partition coefficient (Wildman–Crippen LogP) is 2.63. The summed E-state index contributed by atoms with van der Waals surface area (Å²) in [5, 5.41) is 13.9. The lowest BCUT2D eigenvalue weighted by atomic mass is 10.1. The molecule has 0 aliphatic heterocycles. The van der Waals surface area contributed by atoms with Gasteiger partial charge in [-0.2, -0.15) is 0 Å². The summed E-state index contributed by atoms with van der Waals surface area (Å²) in [6.07, 6.45) is 1.34. The number of aromatic nitrogens is 3. The van der Waals surface area contributed by atoms with E-state index in [9.17, 15) is 9.59 Å². The fourth-order valence-corrected chi connectivity index (χ4v) is 2.93. The van der Waals surface area contributed by atoms with Gasteiger partial charge >= 0.3 is 0 Å². The molecule has 2 amide bonds. The number of nitrogens with two attached hydrogens (primary N) is 1. The van der Waals surface area contributed by atoms with Gasteiger partial charge in [0.1, 0.15) is 6.33 Å². The van der Waals surface area contributed by atoms with Gasteiger partial charge in [0.05, 0.1) is 17.0 Å². The molecule has 8 nitrogen and oxygen atoms in total. The lowest BCUT2D eigenvalue weighted by Crippen LogP contribution is -2.19. The summed E-state index contributed by atoms with van der Waals surface area (Å²) in [7, 11) is 0. The zero-order chi connectivity index (χ0) is 19.2. The summed E-state index contributed by atoms with van der Waals surface area (Å²) in [6.45, 7) is 0. The first-order valence-corrected chi connectivity index (χ1v) is 9.13. The largest absolute Gasteiger partial charge is 0.336 e. The van der Waals surface area contributed by atoms with Crippen LogP contribution in [0, 0.1) is 0 Å². The van der Waals surface area contributed by atoms with Crippen LogP contribution in [-0.4, -0.2) is 32.4 Å². The van der Waals surface area contributed by atoms with E-state index in [0.29, 0.717) is 27.1 Å². The smallest absolute Gasteiger partial charge is 0.257 e. The van der Waals surface area contributed by atoms with Crippen molar-refractivity contribution in [3.63, 3.8) is 0 Å². The molecule has 0 unspecified atom stereocenters. The molecule has 0 aliphatic carbocycles. The number of para-hydroxylation sites is 1. The molecule has 3 aromatic rings. The second-order valence-corrected chi connectivity index (χ2v) is 6.74. The molecule has 0 radical (unpaired) electrons. The summed E-state index contributed by atoms with van der Waals surface area (Å²) in [4.78, 5) is 24.8. The van der Waals surface area contributed by atoms with Crippen molar-refractivity contribution in [1.29, 1.82) is 0 Å². The molecule has 0 saturated carbocycles. The number of anilines is 2. The van der Waals surface area contributed by atoms with Gasteiger partial charge in [-0.3, -0.25) is 9.59 Å². The van der Waals surface area contributed by atoms with E-state index in [0.717, 1.165) is 11.8 Å². The fourth-order valence-electron chi connectivity index (χ4n) is 2.17. The summed E-state index contributed by atoms with van der Waals surface area (Å²) in [5.41, 5.74) is 1.35. The maximum Gasteiger partial charge on any atom is 0.257 e. The number of carbonyl (C=O) groups is 2. The first-order chi connectivity index (χ1) is 13.0. The molecule has 0 atom stereocenters. The van der Waals surface area contributed by atoms with Gasteiger partial charge in [0.15, 0.2) is 0 Å².